The standard InChI is InChI=1S/C27H26N6O/c34-27-26-23(19-32(29-26)24-10-2-1-3-11-24)17-28-33(27)20-31-15-13-30(14-16-31)18-22-9-6-8-21-7-4-5-12-25(21)22/h1-12,17,19H,13-16,18,20H2. The van der Waals surface area contributed by atoms with Crippen molar-refractivity contribution in [2.45, 2.75) is 13.2 Å². The van der Waals surface area contributed by atoms with Crippen molar-refractivity contribution in [1.29, 1.82) is 0 Å². The highest BCUT2D eigenvalue weighted by Gasteiger charge is 2.19. The lowest BCUT2D eigenvalue weighted by Crippen LogP contribution is -2.47. The van der Waals surface area contributed by atoms with Crippen molar-refractivity contribution in [3.05, 3.63) is 101 Å². The molecular weight excluding hydrogens is 424 g/mol. The number of hydrogen-bond acceptors (Lipinski definition) is 5. The minimum atomic E-state index is -0.148. The third-order valence-electron chi connectivity index (χ3n) is 6.61. The van der Waals surface area contributed by atoms with Crippen molar-refractivity contribution in [1.82, 2.24) is 29.4 Å². The lowest BCUT2D eigenvalue weighted by molar-refractivity contribution is 0.0974. The lowest BCUT2D eigenvalue weighted by Gasteiger charge is -2.34. The molecule has 0 radical (unpaired) electrons. The van der Waals surface area contributed by atoms with Crippen LogP contribution in [0.4, 0.5) is 0 Å². The molecule has 2 aromatic heterocycles. The topological polar surface area (TPSA) is 59.2 Å². The van der Waals surface area contributed by atoms with Gasteiger partial charge >= 0.3 is 0 Å². The second-order valence-corrected chi connectivity index (χ2v) is 8.84. The molecule has 5 aromatic rings. The number of benzene rings is 3. The van der Waals surface area contributed by atoms with Crippen LogP contribution in [-0.4, -0.2) is 55.5 Å². The molecule has 0 atom stereocenters. The van der Waals surface area contributed by atoms with Crippen molar-refractivity contribution in [3.8, 4) is 5.69 Å². The lowest BCUT2D eigenvalue weighted by atomic mass is 10.0. The van der Waals surface area contributed by atoms with Crippen molar-refractivity contribution >= 4 is 21.7 Å². The molecule has 6 rings (SSSR count). The normalized spacial score (nSPS) is 15.3. The van der Waals surface area contributed by atoms with Crippen LogP contribution in [0.15, 0.2) is 90.0 Å². The average molecular weight is 451 g/mol. The minimum absolute atomic E-state index is 0.148. The fourth-order valence-electron chi connectivity index (χ4n) is 4.72. The van der Waals surface area contributed by atoms with Gasteiger partial charge in [-0.2, -0.15) is 10.2 Å². The molecule has 1 aliphatic heterocycles. The van der Waals surface area contributed by atoms with Crippen molar-refractivity contribution in [2.75, 3.05) is 26.2 Å². The van der Waals surface area contributed by atoms with Crippen molar-refractivity contribution < 1.29 is 0 Å². The highest BCUT2D eigenvalue weighted by atomic mass is 16.1. The number of rotatable bonds is 5. The molecule has 7 nitrogen and oxygen atoms in total. The van der Waals surface area contributed by atoms with E-state index in [1.807, 2.05) is 36.5 Å². The van der Waals surface area contributed by atoms with E-state index in [-0.39, 0.29) is 5.56 Å². The summed E-state index contributed by atoms with van der Waals surface area (Å²) in [6.07, 6.45) is 3.59. The first-order valence-electron chi connectivity index (χ1n) is 11.7. The van der Waals surface area contributed by atoms with Gasteiger partial charge in [0.15, 0.2) is 5.52 Å². The van der Waals surface area contributed by atoms with Gasteiger partial charge in [0, 0.05) is 44.3 Å². The van der Waals surface area contributed by atoms with E-state index < -0.39 is 0 Å². The summed E-state index contributed by atoms with van der Waals surface area (Å²) in [5.41, 5.74) is 2.59. The van der Waals surface area contributed by atoms with Gasteiger partial charge in [0.2, 0.25) is 0 Å². The minimum Gasteiger partial charge on any atom is -0.297 e. The average Bonchev–Trinajstić information content (AvgIpc) is 3.33. The molecule has 1 aliphatic rings. The number of piperazine rings is 1. The van der Waals surface area contributed by atoms with Crippen LogP contribution in [0.3, 0.4) is 0 Å². The zero-order chi connectivity index (χ0) is 22.9. The number of fused-ring (bicyclic) bond motifs is 2. The number of para-hydroxylation sites is 1. The first-order chi connectivity index (χ1) is 16.7. The van der Waals surface area contributed by atoms with E-state index in [1.165, 1.54) is 21.0 Å². The van der Waals surface area contributed by atoms with E-state index in [9.17, 15) is 4.79 Å². The Hall–Kier alpha value is -3.81. The van der Waals surface area contributed by atoms with Gasteiger partial charge in [0.25, 0.3) is 5.56 Å². The fraction of sp³-hybridized carbons (Fsp3) is 0.222. The number of nitrogens with zero attached hydrogens (tertiary/aromatic N) is 6. The molecule has 1 fully saturated rings. The highest BCUT2D eigenvalue weighted by molar-refractivity contribution is 5.85. The fourth-order valence-corrected chi connectivity index (χ4v) is 4.72. The van der Waals surface area contributed by atoms with E-state index in [0.29, 0.717) is 12.2 Å². The molecule has 0 unspecified atom stereocenters. The molecule has 1 saturated heterocycles. The molecular formula is C27H26N6O. The van der Waals surface area contributed by atoms with Gasteiger partial charge in [0.1, 0.15) is 0 Å². The molecule has 0 N–H and O–H groups in total. The van der Waals surface area contributed by atoms with Gasteiger partial charge in [-0.05, 0) is 28.5 Å². The van der Waals surface area contributed by atoms with Crippen molar-refractivity contribution in [3.63, 3.8) is 0 Å². The Balaban J connectivity index is 1.14. The van der Waals surface area contributed by atoms with Crippen LogP contribution < -0.4 is 5.56 Å². The summed E-state index contributed by atoms with van der Waals surface area (Å²) >= 11 is 0. The van der Waals surface area contributed by atoms with Gasteiger partial charge in [-0.15, -0.1) is 0 Å². The molecule has 3 aromatic carbocycles. The van der Waals surface area contributed by atoms with Crippen molar-refractivity contribution in [2.24, 2.45) is 0 Å². The molecule has 0 spiro atoms. The van der Waals surface area contributed by atoms with E-state index >= 15 is 0 Å². The number of aromatic nitrogens is 4. The van der Waals surface area contributed by atoms with Crippen LogP contribution in [0.5, 0.6) is 0 Å². The van der Waals surface area contributed by atoms with E-state index in [0.717, 1.165) is 43.8 Å². The summed E-state index contributed by atoms with van der Waals surface area (Å²) < 4.78 is 3.27. The maximum Gasteiger partial charge on any atom is 0.296 e. The molecule has 7 heteroatoms. The maximum absolute atomic E-state index is 13.1. The summed E-state index contributed by atoms with van der Waals surface area (Å²) in [7, 11) is 0. The molecule has 34 heavy (non-hydrogen) atoms. The predicted octanol–water partition coefficient (Wildman–Crippen LogP) is 3.51. The Labute approximate surface area is 197 Å². The first kappa shape index (κ1) is 20.8. The number of hydrogen-bond donors (Lipinski definition) is 0. The van der Waals surface area contributed by atoms with Crippen LogP contribution in [0.25, 0.3) is 27.4 Å². The van der Waals surface area contributed by atoms with Gasteiger partial charge in [-0.1, -0.05) is 60.7 Å². The zero-order valence-corrected chi connectivity index (χ0v) is 18.9. The zero-order valence-electron chi connectivity index (χ0n) is 18.9. The van der Waals surface area contributed by atoms with Crippen LogP contribution in [0.2, 0.25) is 0 Å². The van der Waals surface area contributed by atoms with E-state index in [1.54, 1.807) is 10.9 Å². The second-order valence-electron chi connectivity index (χ2n) is 8.84. The highest BCUT2D eigenvalue weighted by Crippen LogP contribution is 2.20. The summed E-state index contributed by atoms with van der Waals surface area (Å²) in [6.45, 7) is 5.14. The van der Waals surface area contributed by atoms with E-state index in [2.05, 4.69) is 62.5 Å². The van der Waals surface area contributed by atoms with Gasteiger partial charge in [0.05, 0.1) is 18.6 Å². The maximum atomic E-state index is 13.1. The monoisotopic (exact) mass is 450 g/mol. The SMILES string of the molecule is O=c1c2nn(-c3ccccc3)cc2cnn1CN1CCN(Cc2cccc3ccccc23)CC1. The summed E-state index contributed by atoms with van der Waals surface area (Å²) in [4.78, 5) is 17.8. The molecule has 0 bridgehead atoms. The third kappa shape index (κ3) is 4.00. The first-order valence-corrected chi connectivity index (χ1v) is 11.7. The predicted molar refractivity (Wildman–Crippen MR) is 134 cm³/mol. The Bertz CT molecular complexity index is 1490. The Kier molecular flexibility index (Phi) is 5.41. The van der Waals surface area contributed by atoms with Crippen LogP contribution in [-0.2, 0) is 13.2 Å². The third-order valence-corrected chi connectivity index (χ3v) is 6.61. The molecule has 3 heterocycles. The van der Waals surface area contributed by atoms with Gasteiger partial charge in [-0.3, -0.25) is 14.6 Å². The summed E-state index contributed by atoms with van der Waals surface area (Å²) in [5.74, 6) is 0. The molecule has 170 valence electrons. The van der Waals surface area contributed by atoms with E-state index in [4.69, 9.17) is 0 Å². The Morgan fingerprint density at radius 1 is 0.765 bits per heavy atom. The summed E-state index contributed by atoms with van der Waals surface area (Å²) in [6, 6.07) is 24.9. The molecule has 0 amide bonds. The van der Waals surface area contributed by atoms with Crippen LogP contribution >= 0.6 is 0 Å². The van der Waals surface area contributed by atoms with Gasteiger partial charge in [-0.25, -0.2) is 9.36 Å². The molecule has 0 saturated carbocycles. The van der Waals surface area contributed by atoms with Crippen LogP contribution in [0, 0.1) is 0 Å². The smallest absolute Gasteiger partial charge is 0.296 e. The molecule has 0 aliphatic carbocycles. The Morgan fingerprint density at radius 2 is 1.50 bits per heavy atom. The second kappa shape index (κ2) is 8.85. The summed E-state index contributed by atoms with van der Waals surface area (Å²) in [5, 5.41) is 12.3. The quantitative estimate of drug-likeness (QED) is 0.410. The van der Waals surface area contributed by atoms with Gasteiger partial charge < -0.3 is 0 Å². The largest absolute Gasteiger partial charge is 0.297 e. The Morgan fingerprint density at radius 3 is 2.35 bits per heavy atom. The van der Waals surface area contributed by atoms with Crippen LogP contribution in [0.1, 0.15) is 5.56 Å².